The van der Waals surface area contributed by atoms with Gasteiger partial charge in [-0.15, -0.1) is 0 Å². The summed E-state index contributed by atoms with van der Waals surface area (Å²) in [5, 5.41) is 3.35. The second-order valence-electron chi connectivity index (χ2n) is 5.66. The van der Waals surface area contributed by atoms with Crippen molar-refractivity contribution in [2.24, 2.45) is 11.3 Å². The Hall–Kier alpha value is -0.0800. The molecule has 1 unspecified atom stereocenters. The van der Waals surface area contributed by atoms with Gasteiger partial charge in [-0.05, 0) is 24.3 Å². The van der Waals surface area contributed by atoms with Crippen LogP contribution < -0.4 is 5.32 Å². The van der Waals surface area contributed by atoms with Crippen molar-refractivity contribution in [3.8, 4) is 0 Å². The number of nitrogens with one attached hydrogen (secondary N) is 1. The predicted octanol–water partition coefficient (Wildman–Crippen LogP) is 1.33. The molecule has 2 rings (SSSR count). The largest absolute Gasteiger partial charge is 0.314 e. The van der Waals surface area contributed by atoms with Crippen LogP contribution in [0.3, 0.4) is 0 Å². The summed E-state index contributed by atoms with van der Waals surface area (Å²) >= 11 is 0. The Bertz CT molecular complexity index is 179. The summed E-state index contributed by atoms with van der Waals surface area (Å²) in [6, 6.07) is 0.854. The lowest BCUT2D eigenvalue weighted by molar-refractivity contribution is 0.155. The Balaban J connectivity index is 1.86. The monoisotopic (exact) mass is 182 g/mol. The molecule has 0 aromatic heterocycles. The smallest absolute Gasteiger partial charge is 0.0345 e. The van der Waals surface area contributed by atoms with Gasteiger partial charge in [-0.3, -0.25) is 4.90 Å². The van der Waals surface area contributed by atoms with Crippen LogP contribution in [-0.2, 0) is 0 Å². The fourth-order valence-electron chi connectivity index (χ4n) is 2.36. The van der Waals surface area contributed by atoms with Crippen LogP contribution in [0, 0.1) is 11.3 Å². The second kappa shape index (κ2) is 3.25. The molecule has 0 amide bonds. The van der Waals surface area contributed by atoms with E-state index in [1.165, 1.54) is 32.6 Å². The van der Waals surface area contributed by atoms with Crippen LogP contribution in [-0.4, -0.2) is 37.1 Å². The van der Waals surface area contributed by atoms with Crippen molar-refractivity contribution in [3.05, 3.63) is 0 Å². The molecular weight excluding hydrogens is 160 g/mol. The fraction of sp³-hybridized carbons (Fsp3) is 1.00. The molecule has 2 saturated heterocycles. The van der Waals surface area contributed by atoms with E-state index in [2.05, 4.69) is 31.0 Å². The van der Waals surface area contributed by atoms with E-state index in [1.807, 2.05) is 0 Å². The predicted molar refractivity (Wildman–Crippen MR) is 55.8 cm³/mol. The van der Waals surface area contributed by atoms with Crippen molar-refractivity contribution in [1.82, 2.24) is 10.2 Å². The first-order valence-corrected chi connectivity index (χ1v) is 5.52. The summed E-state index contributed by atoms with van der Waals surface area (Å²) in [7, 11) is 0. The Morgan fingerprint density at radius 2 is 1.92 bits per heavy atom. The molecule has 2 aliphatic rings. The van der Waals surface area contributed by atoms with Gasteiger partial charge in [-0.25, -0.2) is 0 Å². The first-order valence-electron chi connectivity index (χ1n) is 5.52. The van der Waals surface area contributed by atoms with Crippen LogP contribution >= 0.6 is 0 Å². The number of likely N-dealkylation sites (tertiary alicyclic amines) is 1. The molecule has 1 N–H and O–H groups in total. The summed E-state index contributed by atoms with van der Waals surface area (Å²) in [5.74, 6) is 0.910. The molecule has 13 heavy (non-hydrogen) atoms. The molecule has 1 atom stereocenters. The third kappa shape index (κ3) is 1.89. The normalized spacial score (nSPS) is 32.1. The Morgan fingerprint density at radius 3 is 2.31 bits per heavy atom. The lowest BCUT2D eigenvalue weighted by Gasteiger charge is -2.36. The van der Waals surface area contributed by atoms with E-state index in [0.717, 1.165) is 12.0 Å². The molecule has 2 fully saturated rings. The minimum absolute atomic E-state index is 0.506. The molecule has 0 aromatic rings. The summed E-state index contributed by atoms with van der Waals surface area (Å²) in [4.78, 5) is 2.67. The van der Waals surface area contributed by atoms with E-state index >= 15 is 0 Å². The Kier molecular flexibility index (Phi) is 2.37. The fourth-order valence-corrected chi connectivity index (χ4v) is 2.36. The second-order valence-corrected chi connectivity index (χ2v) is 5.66. The summed E-state index contributed by atoms with van der Waals surface area (Å²) in [6.07, 6.45) is 1.40. The highest BCUT2D eigenvalue weighted by atomic mass is 15.2. The van der Waals surface area contributed by atoms with E-state index in [9.17, 15) is 0 Å². The van der Waals surface area contributed by atoms with Crippen molar-refractivity contribution in [3.63, 3.8) is 0 Å². The van der Waals surface area contributed by atoms with Crippen molar-refractivity contribution in [2.75, 3.05) is 26.2 Å². The van der Waals surface area contributed by atoms with Crippen LogP contribution in [0.15, 0.2) is 0 Å². The van der Waals surface area contributed by atoms with Crippen LogP contribution in [0.5, 0.6) is 0 Å². The molecule has 0 spiro atoms. The van der Waals surface area contributed by atoms with E-state index in [4.69, 9.17) is 0 Å². The van der Waals surface area contributed by atoms with Crippen LogP contribution in [0.25, 0.3) is 0 Å². The van der Waals surface area contributed by atoms with Gasteiger partial charge in [0.05, 0.1) is 0 Å². The molecule has 0 bridgehead atoms. The summed E-state index contributed by atoms with van der Waals surface area (Å²) < 4.78 is 0. The molecule has 0 aromatic carbocycles. The molecule has 2 heteroatoms. The van der Waals surface area contributed by atoms with Gasteiger partial charge in [0, 0.05) is 25.7 Å². The Labute approximate surface area is 81.7 Å². The number of hydrogen-bond donors (Lipinski definition) is 1. The van der Waals surface area contributed by atoms with Gasteiger partial charge in [0.2, 0.25) is 0 Å². The molecular formula is C11H22N2. The SMILES string of the molecule is CC(C)(C)C1CCN(C2CNC2)C1. The zero-order chi connectivity index (χ0) is 9.47. The van der Waals surface area contributed by atoms with Gasteiger partial charge in [0.25, 0.3) is 0 Å². The first kappa shape index (κ1) is 9.47. The molecule has 2 heterocycles. The van der Waals surface area contributed by atoms with Crippen LogP contribution in [0.2, 0.25) is 0 Å². The van der Waals surface area contributed by atoms with Crippen molar-refractivity contribution >= 4 is 0 Å². The minimum atomic E-state index is 0.506. The molecule has 0 saturated carbocycles. The molecule has 2 nitrogen and oxygen atoms in total. The minimum Gasteiger partial charge on any atom is -0.314 e. The molecule has 0 radical (unpaired) electrons. The molecule has 0 aliphatic carbocycles. The van der Waals surface area contributed by atoms with Crippen molar-refractivity contribution < 1.29 is 0 Å². The van der Waals surface area contributed by atoms with Gasteiger partial charge < -0.3 is 5.32 Å². The van der Waals surface area contributed by atoms with E-state index in [1.54, 1.807) is 0 Å². The van der Waals surface area contributed by atoms with Gasteiger partial charge in [0.1, 0.15) is 0 Å². The maximum atomic E-state index is 3.35. The van der Waals surface area contributed by atoms with Gasteiger partial charge in [-0.2, -0.15) is 0 Å². The van der Waals surface area contributed by atoms with Gasteiger partial charge in [0.15, 0.2) is 0 Å². The van der Waals surface area contributed by atoms with E-state index in [-0.39, 0.29) is 0 Å². The molecule has 76 valence electrons. The van der Waals surface area contributed by atoms with Gasteiger partial charge >= 0.3 is 0 Å². The number of hydrogen-bond acceptors (Lipinski definition) is 2. The first-order chi connectivity index (χ1) is 6.07. The summed E-state index contributed by atoms with van der Waals surface area (Å²) in [6.45, 7) is 12.2. The maximum Gasteiger partial charge on any atom is 0.0345 e. The quantitative estimate of drug-likeness (QED) is 0.658. The molecule has 2 aliphatic heterocycles. The van der Waals surface area contributed by atoms with Crippen LogP contribution in [0.1, 0.15) is 27.2 Å². The van der Waals surface area contributed by atoms with E-state index in [0.29, 0.717) is 5.41 Å². The third-order valence-electron chi connectivity index (χ3n) is 3.72. The van der Waals surface area contributed by atoms with Crippen molar-refractivity contribution in [1.29, 1.82) is 0 Å². The zero-order valence-corrected chi connectivity index (χ0v) is 9.14. The lowest BCUT2D eigenvalue weighted by Crippen LogP contribution is -2.56. The summed E-state index contributed by atoms with van der Waals surface area (Å²) in [5.41, 5.74) is 0.506. The zero-order valence-electron chi connectivity index (χ0n) is 9.14. The maximum absolute atomic E-state index is 3.35. The highest BCUT2D eigenvalue weighted by molar-refractivity contribution is 4.92. The average Bonchev–Trinajstić information content (AvgIpc) is 2.29. The highest BCUT2D eigenvalue weighted by Crippen LogP contribution is 2.34. The van der Waals surface area contributed by atoms with Crippen LogP contribution in [0.4, 0.5) is 0 Å². The average molecular weight is 182 g/mol. The topological polar surface area (TPSA) is 15.3 Å². The number of nitrogens with zero attached hydrogens (tertiary/aromatic N) is 1. The highest BCUT2D eigenvalue weighted by Gasteiger charge is 2.36. The van der Waals surface area contributed by atoms with Gasteiger partial charge in [-0.1, -0.05) is 20.8 Å². The number of rotatable bonds is 1. The Morgan fingerprint density at radius 1 is 1.23 bits per heavy atom. The lowest BCUT2D eigenvalue weighted by atomic mass is 9.80. The van der Waals surface area contributed by atoms with Crippen molar-refractivity contribution in [2.45, 2.75) is 33.2 Å². The third-order valence-corrected chi connectivity index (χ3v) is 3.72. The van der Waals surface area contributed by atoms with E-state index < -0.39 is 0 Å². The standard InChI is InChI=1S/C11H22N2/c1-11(2,3)9-4-5-13(8-9)10-6-12-7-10/h9-10,12H,4-8H2,1-3H3.